The Hall–Kier alpha value is -0.940. The lowest BCUT2D eigenvalue weighted by molar-refractivity contribution is -0.127. The molecule has 1 aromatic carbocycles. The minimum atomic E-state index is -0.347. The van der Waals surface area contributed by atoms with Gasteiger partial charge in [-0.15, -0.1) is 0 Å². The first-order valence-corrected chi connectivity index (χ1v) is 8.25. The summed E-state index contributed by atoms with van der Waals surface area (Å²) in [6.07, 6.45) is 3.76. The maximum Gasteiger partial charge on any atom is 0.231 e. The molecule has 0 bridgehead atoms. The third kappa shape index (κ3) is 3.64. The number of carbonyl (C=O) groups is 1. The summed E-state index contributed by atoms with van der Waals surface area (Å²) >= 11 is 3.17. The van der Waals surface area contributed by atoms with E-state index in [0.717, 1.165) is 37.8 Å². The van der Waals surface area contributed by atoms with E-state index in [4.69, 9.17) is 0 Å². The standard InChI is InChI=1S/C16H22BrFN2O/c1-3-5-16(6-4-7-19-10-16)15(21)20-14-9-12(17)13(18)8-11(14)2/h8-9,19H,3-7,10H2,1-2H3,(H,20,21). The lowest BCUT2D eigenvalue weighted by Gasteiger charge is -2.36. The van der Waals surface area contributed by atoms with Crippen molar-refractivity contribution in [2.24, 2.45) is 5.41 Å². The van der Waals surface area contributed by atoms with E-state index in [1.807, 2.05) is 0 Å². The second-order valence-electron chi connectivity index (χ2n) is 5.85. The van der Waals surface area contributed by atoms with Crippen molar-refractivity contribution in [3.05, 3.63) is 28.0 Å². The average molecular weight is 357 g/mol. The fraction of sp³-hybridized carbons (Fsp3) is 0.562. The Labute approximate surface area is 133 Å². The van der Waals surface area contributed by atoms with Gasteiger partial charge in [-0.1, -0.05) is 13.3 Å². The molecule has 0 aromatic heterocycles. The van der Waals surface area contributed by atoms with Crippen molar-refractivity contribution in [2.45, 2.75) is 39.5 Å². The quantitative estimate of drug-likeness (QED) is 0.855. The highest BCUT2D eigenvalue weighted by Gasteiger charge is 2.38. The predicted octanol–water partition coefficient (Wildman–Crippen LogP) is 4.01. The number of anilines is 1. The molecule has 1 saturated heterocycles. The summed E-state index contributed by atoms with van der Waals surface area (Å²) in [5.74, 6) is -0.272. The molecule has 0 saturated carbocycles. The summed E-state index contributed by atoms with van der Waals surface area (Å²) in [6.45, 7) is 5.59. The Morgan fingerprint density at radius 3 is 2.90 bits per heavy atom. The van der Waals surface area contributed by atoms with Crippen LogP contribution in [0.15, 0.2) is 16.6 Å². The molecule has 0 spiro atoms. The molecule has 1 heterocycles. The summed E-state index contributed by atoms with van der Waals surface area (Å²) in [5.41, 5.74) is 1.06. The zero-order valence-electron chi connectivity index (χ0n) is 12.6. The van der Waals surface area contributed by atoms with Crippen molar-refractivity contribution < 1.29 is 9.18 Å². The van der Waals surface area contributed by atoms with Gasteiger partial charge in [-0.25, -0.2) is 4.39 Å². The molecular formula is C16H22BrFN2O. The zero-order chi connectivity index (χ0) is 15.5. The molecule has 1 fully saturated rings. The van der Waals surface area contributed by atoms with Gasteiger partial charge in [0.05, 0.1) is 9.89 Å². The van der Waals surface area contributed by atoms with Crippen molar-refractivity contribution in [1.29, 1.82) is 0 Å². The molecule has 1 aromatic rings. The molecular weight excluding hydrogens is 335 g/mol. The maximum absolute atomic E-state index is 13.5. The Bertz CT molecular complexity index is 522. The number of benzene rings is 1. The lowest BCUT2D eigenvalue weighted by Crippen LogP contribution is -2.48. The van der Waals surface area contributed by atoms with E-state index in [1.165, 1.54) is 6.07 Å². The Balaban J connectivity index is 2.21. The molecule has 1 amide bonds. The number of hydrogen-bond donors (Lipinski definition) is 2. The second-order valence-corrected chi connectivity index (χ2v) is 6.70. The van der Waals surface area contributed by atoms with Crippen molar-refractivity contribution >= 4 is 27.5 Å². The molecule has 116 valence electrons. The normalized spacial score (nSPS) is 22.1. The zero-order valence-corrected chi connectivity index (χ0v) is 14.1. The van der Waals surface area contributed by atoms with Crippen LogP contribution in [0.4, 0.5) is 10.1 Å². The second kappa shape index (κ2) is 6.88. The van der Waals surface area contributed by atoms with Gasteiger partial charge in [0.1, 0.15) is 5.82 Å². The molecule has 5 heteroatoms. The van der Waals surface area contributed by atoms with Crippen LogP contribution >= 0.6 is 15.9 Å². The Kier molecular flexibility index (Phi) is 5.38. The molecule has 2 rings (SSSR count). The van der Waals surface area contributed by atoms with Gasteiger partial charge in [0.15, 0.2) is 0 Å². The van der Waals surface area contributed by atoms with Crippen LogP contribution in [0, 0.1) is 18.2 Å². The van der Waals surface area contributed by atoms with Gasteiger partial charge < -0.3 is 10.6 Å². The summed E-state index contributed by atoms with van der Waals surface area (Å²) < 4.78 is 13.8. The Morgan fingerprint density at radius 1 is 1.52 bits per heavy atom. The van der Waals surface area contributed by atoms with E-state index in [-0.39, 0.29) is 17.1 Å². The van der Waals surface area contributed by atoms with Crippen LogP contribution in [0.3, 0.4) is 0 Å². The predicted molar refractivity (Wildman–Crippen MR) is 86.9 cm³/mol. The highest BCUT2D eigenvalue weighted by atomic mass is 79.9. The van der Waals surface area contributed by atoms with Gasteiger partial charge in [0.2, 0.25) is 5.91 Å². The van der Waals surface area contributed by atoms with Crippen molar-refractivity contribution in [2.75, 3.05) is 18.4 Å². The molecule has 0 aliphatic carbocycles. The maximum atomic E-state index is 13.5. The third-order valence-electron chi connectivity index (χ3n) is 4.20. The number of piperidine rings is 1. The number of hydrogen-bond acceptors (Lipinski definition) is 2. The SMILES string of the molecule is CCCC1(C(=O)Nc2cc(Br)c(F)cc2C)CCCNC1. The van der Waals surface area contributed by atoms with E-state index in [9.17, 15) is 9.18 Å². The molecule has 0 radical (unpaired) electrons. The van der Waals surface area contributed by atoms with E-state index in [0.29, 0.717) is 16.7 Å². The van der Waals surface area contributed by atoms with Gasteiger partial charge in [-0.05, 0) is 66.4 Å². The van der Waals surface area contributed by atoms with Crippen molar-refractivity contribution in [3.63, 3.8) is 0 Å². The van der Waals surface area contributed by atoms with Crippen LogP contribution in [0.5, 0.6) is 0 Å². The fourth-order valence-electron chi connectivity index (χ4n) is 3.00. The fourth-order valence-corrected chi connectivity index (χ4v) is 3.35. The summed E-state index contributed by atoms with van der Waals surface area (Å²) in [6, 6.07) is 3.07. The van der Waals surface area contributed by atoms with Gasteiger partial charge >= 0.3 is 0 Å². The van der Waals surface area contributed by atoms with E-state index >= 15 is 0 Å². The van der Waals surface area contributed by atoms with Crippen molar-refractivity contribution in [3.8, 4) is 0 Å². The molecule has 3 nitrogen and oxygen atoms in total. The van der Waals surface area contributed by atoms with Crippen LogP contribution in [0.2, 0.25) is 0 Å². The van der Waals surface area contributed by atoms with Crippen LogP contribution in [-0.2, 0) is 4.79 Å². The highest BCUT2D eigenvalue weighted by molar-refractivity contribution is 9.10. The largest absolute Gasteiger partial charge is 0.325 e. The molecule has 21 heavy (non-hydrogen) atoms. The smallest absolute Gasteiger partial charge is 0.231 e. The minimum Gasteiger partial charge on any atom is -0.325 e. The lowest BCUT2D eigenvalue weighted by atomic mass is 9.76. The van der Waals surface area contributed by atoms with E-state index in [2.05, 4.69) is 33.5 Å². The van der Waals surface area contributed by atoms with Crippen LogP contribution < -0.4 is 10.6 Å². The minimum absolute atomic E-state index is 0.0400. The molecule has 1 aliphatic heterocycles. The monoisotopic (exact) mass is 356 g/mol. The van der Waals surface area contributed by atoms with Gasteiger partial charge in [0.25, 0.3) is 0 Å². The van der Waals surface area contributed by atoms with Gasteiger partial charge in [-0.2, -0.15) is 0 Å². The van der Waals surface area contributed by atoms with E-state index < -0.39 is 0 Å². The molecule has 1 aliphatic rings. The van der Waals surface area contributed by atoms with E-state index in [1.54, 1.807) is 13.0 Å². The topological polar surface area (TPSA) is 41.1 Å². The molecule has 2 N–H and O–H groups in total. The number of aryl methyl sites for hydroxylation is 1. The number of amides is 1. The summed E-state index contributed by atoms with van der Waals surface area (Å²) in [7, 11) is 0. The van der Waals surface area contributed by atoms with Gasteiger partial charge in [-0.3, -0.25) is 4.79 Å². The first-order valence-electron chi connectivity index (χ1n) is 7.46. The average Bonchev–Trinajstić information content (AvgIpc) is 2.46. The van der Waals surface area contributed by atoms with Crippen LogP contribution in [0.1, 0.15) is 38.2 Å². The first-order chi connectivity index (χ1) is 9.98. The summed E-state index contributed by atoms with van der Waals surface area (Å²) in [5, 5.41) is 6.33. The molecule has 1 unspecified atom stereocenters. The number of rotatable bonds is 4. The Morgan fingerprint density at radius 2 is 2.29 bits per heavy atom. The third-order valence-corrected chi connectivity index (χ3v) is 4.81. The molecule has 1 atom stereocenters. The van der Waals surface area contributed by atoms with Crippen molar-refractivity contribution in [1.82, 2.24) is 5.32 Å². The summed E-state index contributed by atoms with van der Waals surface area (Å²) in [4.78, 5) is 12.8. The van der Waals surface area contributed by atoms with Crippen LogP contribution in [0.25, 0.3) is 0 Å². The first kappa shape index (κ1) is 16.4. The number of nitrogens with one attached hydrogen (secondary N) is 2. The highest BCUT2D eigenvalue weighted by Crippen LogP contribution is 2.34. The number of carbonyl (C=O) groups excluding carboxylic acids is 1. The number of halogens is 2. The van der Waals surface area contributed by atoms with Crippen LogP contribution in [-0.4, -0.2) is 19.0 Å². The van der Waals surface area contributed by atoms with Gasteiger partial charge in [0, 0.05) is 12.2 Å².